The molecule has 2 saturated carbocycles. The van der Waals surface area contributed by atoms with Crippen LogP contribution in [0.3, 0.4) is 0 Å². The standard InChI is InChI=1S/C11H16N2O/c1-8(9-3-4-9)13(2)10(14)11(7-12)5-6-11/h8-9H,3-6H2,1-2H3. The Morgan fingerprint density at radius 1 is 1.57 bits per heavy atom. The van der Waals surface area contributed by atoms with Crippen molar-refractivity contribution in [1.82, 2.24) is 4.90 Å². The van der Waals surface area contributed by atoms with Crippen LogP contribution in [0.25, 0.3) is 0 Å². The molecule has 0 aromatic rings. The SMILES string of the molecule is CC(C1CC1)N(C)C(=O)C1(C#N)CC1. The predicted molar refractivity (Wildman–Crippen MR) is 52.2 cm³/mol. The highest BCUT2D eigenvalue weighted by atomic mass is 16.2. The van der Waals surface area contributed by atoms with Crippen molar-refractivity contribution in [3.8, 4) is 6.07 Å². The molecule has 0 aromatic carbocycles. The van der Waals surface area contributed by atoms with Gasteiger partial charge in [0.2, 0.25) is 5.91 Å². The molecule has 3 heteroatoms. The molecule has 0 spiro atoms. The van der Waals surface area contributed by atoms with Gasteiger partial charge in [-0.05, 0) is 38.5 Å². The van der Waals surface area contributed by atoms with E-state index in [0.29, 0.717) is 12.0 Å². The van der Waals surface area contributed by atoms with Crippen LogP contribution in [0.1, 0.15) is 32.6 Å². The summed E-state index contributed by atoms with van der Waals surface area (Å²) in [6, 6.07) is 2.47. The highest BCUT2D eigenvalue weighted by molar-refractivity contribution is 5.88. The molecule has 0 N–H and O–H groups in total. The fourth-order valence-electron chi connectivity index (χ4n) is 1.92. The van der Waals surface area contributed by atoms with E-state index in [9.17, 15) is 4.79 Å². The predicted octanol–water partition coefficient (Wildman–Crippen LogP) is 1.55. The summed E-state index contributed by atoms with van der Waals surface area (Å²) in [6.45, 7) is 2.09. The summed E-state index contributed by atoms with van der Waals surface area (Å²) in [5.41, 5.74) is -0.641. The summed E-state index contributed by atoms with van der Waals surface area (Å²) in [6.07, 6.45) is 3.98. The number of hydrogen-bond acceptors (Lipinski definition) is 2. The van der Waals surface area contributed by atoms with E-state index in [-0.39, 0.29) is 5.91 Å². The van der Waals surface area contributed by atoms with Gasteiger partial charge < -0.3 is 4.90 Å². The molecule has 2 rings (SSSR count). The second-order valence-corrected chi connectivity index (χ2v) is 4.69. The van der Waals surface area contributed by atoms with Gasteiger partial charge in [0.1, 0.15) is 5.41 Å². The van der Waals surface area contributed by atoms with Crippen molar-refractivity contribution in [2.75, 3.05) is 7.05 Å². The maximum absolute atomic E-state index is 11.9. The van der Waals surface area contributed by atoms with E-state index in [4.69, 9.17) is 5.26 Å². The van der Waals surface area contributed by atoms with Gasteiger partial charge in [0, 0.05) is 13.1 Å². The second kappa shape index (κ2) is 2.98. The maximum Gasteiger partial charge on any atom is 0.243 e. The molecule has 1 unspecified atom stereocenters. The molecule has 3 nitrogen and oxygen atoms in total. The van der Waals surface area contributed by atoms with Crippen LogP contribution in [0.15, 0.2) is 0 Å². The van der Waals surface area contributed by atoms with Gasteiger partial charge in [0.05, 0.1) is 6.07 Å². The zero-order valence-electron chi connectivity index (χ0n) is 8.79. The summed E-state index contributed by atoms with van der Waals surface area (Å²) in [7, 11) is 1.84. The van der Waals surface area contributed by atoms with Gasteiger partial charge in [-0.1, -0.05) is 0 Å². The van der Waals surface area contributed by atoms with Crippen LogP contribution < -0.4 is 0 Å². The second-order valence-electron chi connectivity index (χ2n) is 4.69. The molecule has 14 heavy (non-hydrogen) atoms. The Bertz CT molecular complexity index is 297. The van der Waals surface area contributed by atoms with Crippen molar-refractivity contribution in [2.45, 2.75) is 38.6 Å². The molecule has 2 fully saturated rings. The van der Waals surface area contributed by atoms with Gasteiger partial charge in [-0.2, -0.15) is 5.26 Å². The fourth-order valence-corrected chi connectivity index (χ4v) is 1.92. The highest BCUT2D eigenvalue weighted by Gasteiger charge is 2.53. The molecule has 1 amide bonds. The Hall–Kier alpha value is -1.04. The summed E-state index contributed by atoms with van der Waals surface area (Å²) < 4.78 is 0. The van der Waals surface area contributed by atoms with Crippen LogP contribution in [0, 0.1) is 22.7 Å². The van der Waals surface area contributed by atoms with Gasteiger partial charge in [-0.3, -0.25) is 4.79 Å². The lowest BCUT2D eigenvalue weighted by Gasteiger charge is -2.26. The number of nitrogens with zero attached hydrogens (tertiary/aromatic N) is 2. The van der Waals surface area contributed by atoms with Gasteiger partial charge in [0.15, 0.2) is 0 Å². The first-order valence-electron chi connectivity index (χ1n) is 5.29. The van der Waals surface area contributed by atoms with E-state index in [1.165, 1.54) is 12.8 Å². The molecule has 2 aliphatic carbocycles. The molecule has 1 atom stereocenters. The third-order valence-corrected chi connectivity index (χ3v) is 3.61. The number of hydrogen-bond donors (Lipinski definition) is 0. The summed E-state index contributed by atoms with van der Waals surface area (Å²) >= 11 is 0. The number of nitriles is 1. The molecule has 2 aliphatic rings. The van der Waals surface area contributed by atoms with Gasteiger partial charge >= 0.3 is 0 Å². The third kappa shape index (κ3) is 1.39. The smallest absolute Gasteiger partial charge is 0.243 e. The molecular formula is C11H16N2O. The largest absolute Gasteiger partial charge is 0.341 e. The first kappa shape index (κ1) is 9.51. The van der Waals surface area contributed by atoms with E-state index >= 15 is 0 Å². The van der Waals surface area contributed by atoms with Crippen LogP contribution in [0.2, 0.25) is 0 Å². The van der Waals surface area contributed by atoms with E-state index < -0.39 is 5.41 Å². The monoisotopic (exact) mass is 192 g/mol. The molecule has 0 radical (unpaired) electrons. The molecule has 76 valence electrons. The molecule has 0 aliphatic heterocycles. The van der Waals surface area contributed by atoms with Gasteiger partial charge in [-0.15, -0.1) is 0 Å². The van der Waals surface area contributed by atoms with E-state index in [0.717, 1.165) is 12.8 Å². The van der Waals surface area contributed by atoms with Crippen LogP contribution in [-0.4, -0.2) is 23.9 Å². The first-order valence-corrected chi connectivity index (χ1v) is 5.29. The van der Waals surface area contributed by atoms with Crippen molar-refractivity contribution < 1.29 is 4.79 Å². The quantitative estimate of drug-likeness (QED) is 0.681. The summed E-state index contributed by atoms with van der Waals surface area (Å²) in [5.74, 6) is 0.720. The molecule has 0 bridgehead atoms. The number of rotatable bonds is 3. The van der Waals surface area contributed by atoms with Crippen LogP contribution >= 0.6 is 0 Å². The summed E-state index contributed by atoms with van der Waals surface area (Å²) in [5, 5.41) is 8.91. The zero-order valence-corrected chi connectivity index (χ0v) is 8.79. The zero-order chi connectivity index (χ0) is 10.3. The molecule has 0 aromatic heterocycles. The minimum absolute atomic E-state index is 0.0411. The number of amides is 1. The lowest BCUT2D eigenvalue weighted by Crippen LogP contribution is -2.40. The molecule has 0 heterocycles. The van der Waals surface area contributed by atoms with Gasteiger partial charge in [-0.25, -0.2) is 0 Å². The van der Waals surface area contributed by atoms with E-state index in [2.05, 4.69) is 13.0 Å². The van der Waals surface area contributed by atoms with Crippen LogP contribution in [0.4, 0.5) is 0 Å². The fraction of sp³-hybridized carbons (Fsp3) is 0.818. The van der Waals surface area contributed by atoms with Crippen molar-refractivity contribution in [1.29, 1.82) is 5.26 Å². The van der Waals surface area contributed by atoms with E-state index in [1.54, 1.807) is 4.90 Å². The topological polar surface area (TPSA) is 44.1 Å². The summed E-state index contributed by atoms with van der Waals surface area (Å²) in [4.78, 5) is 13.7. The third-order valence-electron chi connectivity index (χ3n) is 3.61. The molecule has 0 saturated heterocycles. The normalized spacial score (nSPS) is 24.9. The average molecular weight is 192 g/mol. The highest BCUT2D eigenvalue weighted by Crippen LogP contribution is 2.47. The Kier molecular flexibility index (Phi) is 2.02. The Morgan fingerprint density at radius 2 is 2.14 bits per heavy atom. The van der Waals surface area contributed by atoms with Crippen LogP contribution in [0.5, 0.6) is 0 Å². The van der Waals surface area contributed by atoms with Crippen LogP contribution in [-0.2, 0) is 4.79 Å². The Morgan fingerprint density at radius 3 is 2.50 bits per heavy atom. The maximum atomic E-state index is 11.9. The van der Waals surface area contributed by atoms with Crippen molar-refractivity contribution in [3.63, 3.8) is 0 Å². The number of carbonyl (C=O) groups excluding carboxylic acids is 1. The lowest BCUT2D eigenvalue weighted by atomic mass is 10.1. The van der Waals surface area contributed by atoms with Gasteiger partial charge in [0.25, 0.3) is 0 Å². The minimum atomic E-state index is -0.641. The van der Waals surface area contributed by atoms with Crippen molar-refractivity contribution in [2.24, 2.45) is 11.3 Å². The van der Waals surface area contributed by atoms with Crippen molar-refractivity contribution >= 4 is 5.91 Å². The Labute approximate surface area is 84.7 Å². The van der Waals surface area contributed by atoms with E-state index in [1.807, 2.05) is 7.05 Å². The average Bonchev–Trinajstić information content (AvgIpc) is 3.06. The molecular weight excluding hydrogens is 176 g/mol. The number of carbonyl (C=O) groups is 1. The lowest BCUT2D eigenvalue weighted by molar-refractivity contribution is -0.135. The van der Waals surface area contributed by atoms with Crippen molar-refractivity contribution in [3.05, 3.63) is 0 Å². The first-order chi connectivity index (χ1) is 6.60. The Balaban J connectivity index is 2.01. The minimum Gasteiger partial charge on any atom is -0.341 e.